The highest BCUT2D eigenvalue weighted by atomic mass is 16.5. The Morgan fingerprint density at radius 1 is 1.17 bits per heavy atom. The molecule has 0 fully saturated rings. The van der Waals surface area contributed by atoms with Crippen molar-refractivity contribution in [1.82, 2.24) is 0 Å². The third-order valence-corrected chi connectivity index (χ3v) is 4.33. The molecule has 0 aliphatic carbocycles. The fraction of sp³-hybridized carbons (Fsp3) is 0.316. The van der Waals surface area contributed by atoms with Crippen LogP contribution in [0.1, 0.15) is 12.5 Å². The van der Waals surface area contributed by atoms with Crippen LogP contribution in [0.4, 0.5) is 11.4 Å². The van der Waals surface area contributed by atoms with Gasteiger partial charge in [-0.1, -0.05) is 18.2 Å². The monoisotopic (exact) mass is 326 g/mol. The quantitative estimate of drug-likeness (QED) is 0.917. The van der Waals surface area contributed by atoms with Gasteiger partial charge in [0.2, 0.25) is 5.91 Å². The van der Waals surface area contributed by atoms with Crippen LogP contribution in [0.3, 0.4) is 0 Å². The number of fused-ring (bicyclic) bond motifs is 1. The van der Waals surface area contributed by atoms with E-state index in [1.54, 1.807) is 32.4 Å². The van der Waals surface area contributed by atoms with Crippen LogP contribution in [0.25, 0.3) is 0 Å². The van der Waals surface area contributed by atoms with Crippen LogP contribution in [-0.4, -0.2) is 32.7 Å². The Morgan fingerprint density at radius 2 is 1.92 bits per heavy atom. The van der Waals surface area contributed by atoms with E-state index in [-0.39, 0.29) is 5.91 Å². The number of nitrogens with one attached hydrogen (secondary N) is 1. The van der Waals surface area contributed by atoms with Crippen molar-refractivity contribution in [2.24, 2.45) is 0 Å². The SMILES string of the molecule is COc1ccc(NC(=O)CN2c3ccccc3C[C@@H]2C)cc1OC. The van der Waals surface area contributed by atoms with Crippen molar-refractivity contribution in [2.45, 2.75) is 19.4 Å². The molecule has 2 aromatic carbocycles. The number of methoxy groups -OCH3 is 2. The zero-order valence-corrected chi connectivity index (χ0v) is 14.2. The highest BCUT2D eigenvalue weighted by molar-refractivity contribution is 5.94. The van der Waals surface area contributed by atoms with E-state index >= 15 is 0 Å². The Bertz CT molecular complexity index is 745. The molecule has 5 heteroatoms. The third-order valence-electron chi connectivity index (χ3n) is 4.33. The molecule has 0 saturated heterocycles. The Morgan fingerprint density at radius 3 is 2.67 bits per heavy atom. The first-order chi connectivity index (χ1) is 11.6. The molecular weight excluding hydrogens is 304 g/mol. The molecule has 0 radical (unpaired) electrons. The number of carbonyl (C=O) groups excluding carboxylic acids is 1. The number of hydrogen-bond donors (Lipinski definition) is 1. The molecule has 0 aromatic heterocycles. The number of nitrogens with zero attached hydrogens (tertiary/aromatic N) is 1. The number of rotatable bonds is 5. The van der Waals surface area contributed by atoms with Gasteiger partial charge in [-0.05, 0) is 37.1 Å². The summed E-state index contributed by atoms with van der Waals surface area (Å²) < 4.78 is 10.5. The lowest BCUT2D eigenvalue weighted by molar-refractivity contribution is -0.115. The first kappa shape index (κ1) is 16.2. The van der Waals surface area contributed by atoms with Gasteiger partial charge < -0.3 is 19.7 Å². The Kier molecular flexibility index (Phi) is 4.60. The summed E-state index contributed by atoms with van der Waals surface area (Å²) in [5.74, 6) is 1.18. The molecule has 0 unspecified atom stereocenters. The van der Waals surface area contributed by atoms with Gasteiger partial charge >= 0.3 is 0 Å². The predicted molar refractivity (Wildman–Crippen MR) is 95.1 cm³/mol. The summed E-state index contributed by atoms with van der Waals surface area (Å²) in [6.07, 6.45) is 0.972. The number of ether oxygens (including phenoxy) is 2. The molecule has 24 heavy (non-hydrogen) atoms. The van der Waals surface area contributed by atoms with Crippen LogP contribution in [0, 0.1) is 0 Å². The van der Waals surface area contributed by atoms with E-state index in [1.807, 2.05) is 12.1 Å². The Hall–Kier alpha value is -2.69. The summed E-state index contributed by atoms with van der Waals surface area (Å²) >= 11 is 0. The maximum absolute atomic E-state index is 12.5. The van der Waals surface area contributed by atoms with Crippen LogP contribution < -0.4 is 19.7 Å². The maximum Gasteiger partial charge on any atom is 0.243 e. The molecule has 1 aliphatic heterocycles. The standard InChI is InChI=1S/C19H22N2O3/c1-13-10-14-6-4-5-7-16(14)21(13)12-19(22)20-15-8-9-17(23-2)18(11-15)24-3/h4-9,11,13H,10,12H2,1-3H3,(H,20,22)/t13-/m0/s1. The van der Waals surface area contributed by atoms with Gasteiger partial charge in [0, 0.05) is 23.5 Å². The second kappa shape index (κ2) is 6.83. The number of anilines is 2. The minimum Gasteiger partial charge on any atom is -0.493 e. The van der Waals surface area contributed by atoms with E-state index in [0.717, 1.165) is 12.1 Å². The van der Waals surface area contributed by atoms with Gasteiger partial charge in [0.1, 0.15) is 0 Å². The summed E-state index contributed by atoms with van der Waals surface area (Å²) in [7, 11) is 3.16. The topological polar surface area (TPSA) is 50.8 Å². The molecule has 126 valence electrons. The number of amides is 1. The summed E-state index contributed by atoms with van der Waals surface area (Å²) in [6, 6.07) is 13.9. The van der Waals surface area contributed by atoms with Crippen LogP contribution in [0.5, 0.6) is 11.5 Å². The normalized spacial score (nSPS) is 15.8. The van der Waals surface area contributed by atoms with E-state index in [0.29, 0.717) is 29.8 Å². The lowest BCUT2D eigenvalue weighted by Crippen LogP contribution is -2.37. The Labute approximate surface area is 142 Å². The Balaban J connectivity index is 1.70. The van der Waals surface area contributed by atoms with Crippen molar-refractivity contribution in [3.05, 3.63) is 48.0 Å². The maximum atomic E-state index is 12.5. The van der Waals surface area contributed by atoms with E-state index < -0.39 is 0 Å². The summed E-state index contributed by atoms with van der Waals surface area (Å²) in [5, 5.41) is 2.93. The van der Waals surface area contributed by atoms with E-state index in [4.69, 9.17) is 9.47 Å². The zero-order valence-electron chi connectivity index (χ0n) is 14.2. The highest BCUT2D eigenvalue weighted by Gasteiger charge is 2.27. The molecule has 1 N–H and O–H groups in total. The predicted octanol–water partition coefficient (Wildman–Crippen LogP) is 3.09. The largest absolute Gasteiger partial charge is 0.493 e. The number of benzene rings is 2. The van der Waals surface area contributed by atoms with Crippen molar-refractivity contribution in [1.29, 1.82) is 0 Å². The third kappa shape index (κ3) is 3.15. The van der Waals surface area contributed by atoms with Gasteiger partial charge in [-0.15, -0.1) is 0 Å². The van der Waals surface area contributed by atoms with Gasteiger partial charge in [0.05, 0.1) is 20.8 Å². The van der Waals surface area contributed by atoms with Gasteiger partial charge in [-0.3, -0.25) is 4.79 Å². The zero-order chi connectivity index (χ0) is 17.1. The van der Waals surface area contributed by atoms with Gasteiger partial charge in [-0.2, -0.15) is 0 Å². The lowest BCUT2D eigenvalue weighted by Gasteiger charge is -2.24. The molecule has 1 heterocycles. The van der Waals surface area contributed by atoms with Crippen molar-refractivity contribution < 1.29 is 14.3 Å². The number of hydrogen-bond acceptors (Lipinski definition) is 4. The molecule has 2 aromatic rings. The average molecular weight is 326 g/mol. The van der Waals surface area contributed by atoms with Crippen molar-refractivity contribution >= 4 is 17.3 Å². The molecule has 1 atom stereocenters. The fourth-order valence-corrected chi connectivity index (χ4v) is 3.14. The lowest BCUT2D eigenvalue weighted by atomic mass is 10.1. The molecular formula is C19H22N2O3. The van der Waals surface area contributed by atoms with Crippen molar-refractivity contribution in [3.8, 4) is 11.5 Å². The van der Waals surface area contributed by atoms with E-state index in [2.05, 4.69) is 29.3 Å². The van der Waals surface area contributed by atoms with Crippen LogP contribution >= 0.6 is 0 Å². The van der Waals surface area contributed by atoms with Gasteiger partial charge in [0.25, 0.3) is 0 Å². The van der Waals surface area contributed by atoms with Crippen LogP contribution in [0.2, 0.25) is 0 Å². The van der Waals surface area contributed by atoms with Crippen LogP contribution in [-0.2, 0) is 11.2 Å². The molecule has 1 aliphatic rings. The smallest absolute Gasteiger partial charge is 0.243 e. The molecule has 0 saturated carbocycles. The van der Waals surface area contributed by atoms with Crippen LogP contribution in [0.15, 0.2) is 42.5 Å². The first-order valence-corrected chi connectivity index (χ1v) is 7.98. The minimum atomic E-state index is -0.0502. The summed E-state index contributed by atoms with van der Waals surface area (Å²) in [6.45, 7) is 2.47. The summed E-state index contributed by atoms with van der Waals surface area (Å²) in [4.78, 5) is 14.6. The number of para-hydroxylation sites is 1. The minimum absolute atomic E-state index is 0.0502. The van der Waals surface area contributed by atoms with Crippen molar-refractivity contribution in [2.75, 3.05) is 31.0 Å². The average Bonchev–Trinajstić information content (AvgIpc) is 2.90. The molecule has 0 spiro atoms. The van der Waals surface area contributed by atoms with E-state index in [1.165, 1.54) is 5.56 Å². The molecule has 3 rings (SSSR count). The fourth-order valence-electron chi connectivity index (χ4n) is 3.14. The van der Waals surface area contributed by atoms with Crippen molar-refractivity contribution in [3.63, 3.8) is 0 Å². The first-order valence-electron chi connectivity index (χ1n) is 7.98. The summed E-state index contributed by atoms with van der Waals surface area (Å²) in [5.41, 5.74) is 3.13. The van der Waals surface area contributed by atoms with E-state index in [9.17, 15) is 4.79 Å². The second-order valence-corrected chi connectivity index (χ2v) is 5.93. The second-order valence-electron chi connectivity index (χ2n) is 5.93. The highest BCUT2D eigenvalue weighted by Crippen LogP contribution is 2.32. The van der Waals surface area contributed by atoms with Gasteiger partial charge in [-0.25, -0.2) is 0 Å². The molecule has 5 nitrogen and oxygen atoms in total. The molecule has 1 amide bonds. The number of carbonyl (C=O) groups is 1. The molecule has 0 bridgehead atoms. The van der Waals surface area contributed by atoms with Gasteiger partial charge in [0.15, 0.2) is 11.5 Å².